The van der Waals surface area contributed by atoms with E-state index in [0.717, 1.165) is 11.5 Å². The van der Waals surface area contributed by atoms with Crippen LogP contribution in [0.4, 0.5) is 18.9 Å². The maximum Gasteiger partial charge on any atom is 0.573 e. The molecule has 2 aromatic carbocycles. The molecular formula is C18H13F3N2O3. The predicted molar refractivity (Wildman–Crippen MR) is 89.4 cm³/mol. The minimum atomic E-state index is -4.86. The molecule has 1 aromatic heterocycles. The molecule has 3 aromatic rings. The Bertz CT molecular complexity index is 958. The number of amides is 1. The number of anilines is 1. The van der Waals surface area contributed by atoms with E-state index in [2.05, 4.69) is 15.0 Å². The van der Waals surface area contributed by atoms with Gasteiger partial charge in [-0.1, -0.05) is 18.2 Å². The third-order valence-electron chi connectivity index (χ3n) is 3.49. The number of halogens is 3. The Balaban J connectivity index is 1.85. The third-order valence-corrected chi connectivity index (χ3v) is 3.49. The van der Waals surface area contributed by atoms with Crippen LogP contribution in [0, 0.1) is 0 Å². The van der Waals surface area contributed by atoms with E-state index in [0.29, 0.717) is 11.3 Å². The van der Waals surface area contributed by atoms with Crippen LogP contribution in [0.15, 0.2) is 54.6 Å². The molecule has 134 valence electrons. The number of rotatable bonds is 4. The van der Waals surface area contributed by atoms with E-state index in [1.54, 1.807) is 24.3 Å². The van der Waals surface area contributed by atoms with Crippen molar-refractivity contribution in [3.63, 3.8) is 0 Å². The average molecular weight is 362 g/mol. The molecule has 0 atom stereocenters. The lowest BCUT2D eigenvalue weighted by Crippen LogP contribution is -2.20. The van der Waals surface area contributed by atoms with Crippen LogP contribution in [0.5, 0.6) is 11.5 Å². The number of hydrogen-bond acceptors (Lipinski definition) is 4. The number of pyridine rings is 1. The highest BCUT2D eigenvalue weighted by molar-refractivity contribution is 6.04. The first-order chi connectivity index (χ1) is 12.4. The topological polar surface area (TPSA) is 60.5 Å². The minimum Gasteiger partial charge on any atom is -0.497 e. The number of benzene rings is 2. The Morgan fingerprint density at radius 2 is 1.85 bits per heavy atom. The molecule has 3 rings (SSSR count). The van der Waals surface area contributed by atoms with E-state index in [1.807, 2.05) is 0 Å². The van der Waals surface area contributed by atoms with Crippen molar-refractivity contribution >= 4 is 22.5 Å². The van der Waals surface area contributed by atoms with E-state index in [9.17, 15) is 18.0 Å². The summed E-state index contributed by atoms with van der Waals surface area (Å²) in [6.07, 6.45) is -4.86. The molecule has 0 aliphatic carbocycles. The fraction of sp³-hybridized carbons (Fsp3) is 0.111. The summed E-state index contributed by atoms with van der Waals surface area (Å²) >= 11 is 0. The largest absolute Gasteiger partial charge is 0.573 e. The second-order valence-electron chi connectivity index (χ2n) is 5.25. The Kier molecular flexibility index (Phi) is 4.66. The van der Waals surface area contributed by atoms with Crippen molar-refractivity contribution in [3.8, 4) is 11.5 Å². The molecule has 0 unspecified atom stereocenters. The number of methoxy groups -OCH3 is 1. The molecule has 26 heavy (non-hydrogen) atoms. The molecule has 0 fully saturated rings. The highest BCUT2D eigenvalue weighted by Gasteiger charge is 2.32. The lowest BCUT2D eigenvalue weighted by molar-refractivity contribution is -0.274. The van der Waals surface area contributed by atoms with Crippen LogP contribution in [0.25, 0.3) is 10.9 Å². The molecule has 8 heteroatoms. The van der Waals surface area contributed by atoms with Gasteiger partial charge in [0.05, 0.1) is 18.3 Å². The number of fused-ring (bicyclic) bond motifs is 1. The SMILES string of the molecule is COc1ccc2nc(C(=O)Nc3ccccc3OC(F)(F)F)ccc2c1. The van der Waals surface area contributed by atoms with Crippen molar-refractivity contribution in [2.24, 2.45) is 0 Å². The maximum absolute atomic E-state index is 12.5. The molecule has 0 spiro atoms. The molecule has 5 nitrogen and oxygen atoms in total. The van der Waals surface area contributed by atoms with Crippen LogP contribution >= 0.6 is 0 Å². The minimum absolute atomic E-state index is 0.0597. The lowest BCUT2D eigenvalue weighted by atomic mass is 10.2. The zero-order valence-corrected chi connectivity index (χ0v) is 13.5. The van der Waals surface area contributed by atoms with Gasteiger partial charge in [0.15, 0.2) is 5.75 Å². The zero-order chi connectivity index (χ0) is 18.7. The summed E-state index contributed by atoms with van der Waals surface area (Å²) in [4.78, 5) is 16.6. The fourth-order valence-electron chi connectivity index (χ4n) is 2.33. The van der Waals surface area contributed by atoms with Crippen molar-refractivity contribution in [1.82, 2.24) is 4.98 Å². The molecule has 0 aliphatic rings. The standard InChI is InChI=1S/C18H13F3N2O3/c1-25-12-7-9-13-11(10-12)6-8-15(22-13)17(24)23-14-4-2-3-5-16(14)26-18(19,20)21/h2-10H,1H3,(H,23,24). The summed E-state index contributed by atoms with van der Waals surface area (Å²) in [6.45, 7) is 0. The molecule has 0 aliphatic heterocycles. The first-order valence-corrected chi connectivity index (χ1v) is 7.46. The summed E-state index contributed by atoms with van der Waals surface area (Å²) in [5.74, 6) is -0.505. The van der Waals surface area contributed by atoms with Gasteiger partial charge < -0.3 is 14.8 Å². The quantitative estimate of drug-likeness (QED) is 0.748. The number of aromatic nitrogens is 1. The molecule has 0 saturated heterocycles. The molecule has 1 amide bonds. The van der Waals surface area contributed by atoms with Crippen molar-refractivity contribution < 1.29 is 27.4 Å². The highest BCUT2D eigenvalue weighted by atomic mass is 19.4. The van der Waals surface area contributed by atoms with E-state index >= 15 is 0 Å². The molecule has 1 heterocycles. The number of alkyl halides is 3. The zero-order valence-electron chi connectivity index (χ0n) is 13.5. The summed E-state index contributed by atoms with van der Waals surface area (Å²) < 4.78 is 46.4. The van der Waals surface area contributed by atoms with Crippen molar-refractivity contribution in [2.75, 3.05) is 12.4 Å². The van der Waals surface area contributed by atoms with Gasteiger partial charge in [-0.15, -0.1) is 13.2 Å². The summed E-state index contributed by atoms with van der Waals surface area (Å²) in [6, 6.07) is 13.6. The fourth-order valence-corrected chi connectivity index (χ4v) is 2.33. The van der Waals surface area contributed by atoms with Crippen LogP contribution < -0.4 is 14.8 Å². The maximum atomic E-state index is 12.5. The van der Waals surface area contributed by atoms with Gasteiger partial charge in [-0.3, -0.25) is 4.79 Å². The Morgan fingerprint density at radius 1 is 1.08 bits per heavy atom. The van der Waals surface area contributed by atoms with E-state index < -0.39 is 18.0 Å². The second kappa shape index (κ2) is 6.91. The van der Waals surface area contributed by atoms with Gasteiger partial charge in [0.1, 0.15) is 11.4 Å². The monoisotopic (exact) mass is 362 g/mol. The van der Waals surface area contributed by atoms with Crippen molar-refractivity contribution in [1.29, 1.82) is 0 Å². The van der Waals surface area contributed by atoms with Crippen LogP contribution in [0.2, 0.25) is 0 Å². The molecule has 0 radical (unpaired) electrons. The van der Waals surface area contributed by atoms with Crippen LogP contribution in [-0.4, -0.2) is 24.4 Å². The van der Waals surface area contributed by atoms with Crippen LogP contribution in [0.1, 0.15) is 10.5 Å². The molecular weight excluding hydrogens is 349 g/mol. The number of para-hydroxylation sites is 2. The van der Waals surface area contributed by atoms with Gasteiger partial charge in [-0.2, -0.15) is 0 Å². The smallest absolute Gasteiger partial charge is 0.497 e. The Morgan fingerprint density at radius 3 is 2.58 bits per heavy atom. The number of nitrogens with one attached hydrogen (secondary N) is 1. The van der Waals surface area contributed by atoms with Crippen LogP contribution in [-0.2, 0) is 0 Å². The van der Waals surface area contributed by atoms with Crippen LogP contribution in [0.3, 0.4) is 0 Å². The summed E-state index contributed by atoms with van der Waals surface area (Å²) in [5.41, 5.74) is 0.509. The average Bonchev–Trinajstić information content (AvgIpc) is 2.61. The molecule has 0 saturated carbocycles. The van der Waals surface area contributed by atoms with E-state index in [4.69, 9.17) is 4.74 Å². The van der Waals surface area contributed by atoms with Gasteiger partial charge in [0.2, 0.25) is 0 Å². The summed E-state index contributed by atoms with van der Waals surface area (Å²) in [7, 11) is 1.54. The number of carbonyl (C=O) groups excluding carboxylic acids is 1. The first kappa shape index (κ1) is 17.5. The Labute approximate surface area is 146 Å². The summed E-state index contributed by atoms with van der Waals surface area (Å²) in [5, 5.41) is 3.15. The second-order valence-corrected chi connectivity index (χ2v) is 5.25. The lowest BCUT2D eigenvalue weighted by Gasteiger charge is -2.13. The van der Waals surface area contributed by atoms with E-state index in [-0.39, 0.29) is 11.4 Å². The Hall–Kier alpha value is -3.29. The number of nitrogens with zero attached hydrogens (tertiary/aromatic N) is 1. The van der Waals surface area contributed by atoms with Crippen molar-refractivity contribution in [3.05, 3.63) is 60.3 Å². The van der Waals surface area contributed by atoms with E-state index in [1.165, 1.54) is 31.4 Å². The molecule has 0 bridgehead atoms. The van der Waals surface area contributed by atoms with Crippen molar-refractivity contribution in [2.45, 2.75) is 6.36 Å². The predicted octanol–water partition coefficient (Wildman–Crippen LogP) is 4.39. The molecule has 1 N–H and O–H groups in total. The van der Waals surface area contributed by atoms with Gasteiger partial charge in [0, 0.05) is 5.39 Å². The third kappa shape index (κ3) is 4.02. The first-order valence-electron chi connectivity index (χ1n) is 7.46. The van der Waals surface area contributed by atoms with Gasteiger partial charge >= 0.3 is 6.36 Å². The van der Waals surface area contributed by atoms with Gasteiger partial charge in [-0.05, 0) is 36.4 Å². The van der Waals surface area contributed by atoms with Gasteiger partial charge in [0.25, 0.3) is 5.91 Å². The van der Waals surface area contributed by atoms with Gasteiger partial charge in [-0.25, -0.2) is 4.98 Å². The number of hydrogen-bond donors (Lipinski definition) is 1. The number of ether oxygens (including phenoxy) is 2. The normalized spacial score (nSPS) is 11.2. The number of carbonyl (C=O) groups is 1. The highest BCUT2D eigenvalue weighted by Crippen LogP contribution is 2.30.